The summed E-state index contributed by atoms with van der Waals surface area (Å²) in [6, 6.07) is 14.6. The van der Waals surface area contributed by atoms with Crippen molar-refractivity contribution in [3.05, 3.63) is 58.6 Å². The second kappa shape index (κ2) is 7.79. The van der Waals surface area contributed by atoms with Crippen molar-refractivity contribution in [2.75, 3.05) is 18.2 Å². The number of benzene rings is 2. The van der Waals surface area contributed by atoms with E-state index in [-0.39, 0.29) is 0 Å². The topological polar surface area (TPSA) is 66.0 Å². The number of nitrogens with two attached hydrogens (primary N) is 1. The van der Waals surface area contributed by atoms with Crippen molar-refractivity contribution in [1.29, 1.82) is 0 Å². The van der Waals surface area contributed by atoms with Crippen molar-refractivity contribution >= 4 is 35.0 Å². The highest BCUT2D eigenvalue weighted by Gasteiger charge is 2.12. The van der Waals surface area contributed by atoms with Crippen LogP contribution in [0, 0.1) is 0 Å². The molecule has 0 atom stereocenters. The molecule has 8 heteroatoms. The zero-order chi connectivity index (χ0) is 16.9. The van der Waals surface area contributed by atoms with E-state index in [1.165, 1.54) is 16.4 Å². The first-order valence-electron chi connectivity index (χ1n) is 7.11. The fraction of sp³-hybridized carbons (Fsp3) is 0.125. The van der Waals surface area contributed by atoms with E-state index in [9.17, 15) is 0 Å². The van der Waals surface area contributed by atoms with Gasteiger partial charge < -0.3 is 10.6 Å². The minimum Gasteiger partial charge on any atom is -0.493 e. The lowest BCUT2D eigenvalue weighted by atomic mass is 10.2. The maximum Gasteiger partial charge on any atom is 0.210 e. The van der Waals surface area contributed by atoms with Gasteiger partial charge in [0, 0.05) is 21.4 Å². The van der Waals surface area contributed by atoms with Gasteiger partial charge in [-0.15, -0.1) is 10.2 Å². The van der Waals surface area contributed by atoms with E-state index in [4.69, 9.17) is 33.8 Å². The first-order chi connectivity index (χ1) is 11.6. The summed E-state index contributed by atoms with van der Waals surface area (Å²) in [6.07, 6.45) is 0. The predicted octanol–water partition coefficient (Wildman–Crippen LogP) is 4.14. The van der Waals surface area contributed by atoms with Crippen LogP contribution in [0.4, 0.5) is 0 Å². The summed E-state index contributed by atoms with van der Waals surface area (Å²) in [5, 5.41) is 10.1. The number of rotatable bonds is 6. The van der Waals surface area contributed by atoms with Gasteiger partial charge in [-0.25, -0.2) is 4.68 Å². The molecule has 0 saturated heterocycles. The number of hydrogen-bond acceptors (Lipinski definition) is 5. The van der Waals surface area contributed by atoms with Gasteiger partial charge in [0.2, 0.25) is 5.16 Å². The van der Waals surface area contributed by atoms with E-state index >= 15 is 0 Å². The Hall–Kier alpha value is -1.89. The Balaban J connectivity index is 1.58. The van der Waals surface area contributed by atoms with Crippen LogP contribution in [-0.4, -0.2) is 27.2 Å². The zero-order valence-corrected chi connectivity index (χ0v) is 14.9. The molecule has 0 aliphatic heterocycles. The summed E-state index contributed by atoms with van der Waals surface area (Å²) in [6.45, 7) is 0.504. The normalized spacial score (nSPS) is 10.8. The average Bonchev–Trinajstić information content (AvgIpc) is 2.93. The van der Waals surface area contributed by atoms with Crippen LogP contribution in [0.3, 0.4) is 0 Å². The number of ether oxygens (including phenoxy) is 1. The van der Waals surface area contributed by atoms with Crippen molar-refractivity contribution in [3.8, 4) is 17.1 Å². The highest BCUT2D eigenvalue weighted by molar-refractivity contribution is 7.99. The molecule has 0 fully saturated rings. The zero-order valence-electron chi connectivity index (χ0n) is 12.5. The van der Waals surface area contributed by atoms with Crippen LogP contribution in [0.5, 0.6) is 5.75 Å². The third-order valence-corrected chi connectivity index (χ3v) is 4.50. The van der Waals surface area contributed by atoms with Crippen LogP contribution in [0.15, 0.2) is 53.7 Å². The molecule has 3 rings (SSSR count). The lowest BCUT2D eigenvalue weighted by Crippen LogP contribution is -2.12. The van der Waals surface area contributed by atoms with Gasteiger partial charge in [-0.2, -0.15) is 0 Å². The maximum absolute atomic E-state index is 6.07. The van der Waals surface area contributed by atoms with Gasteiger partial charge in [-0.1, -0.05) is 53.2 Å². The second-order valence-corrected chi connectivity index (χ2v) is 6.78. The van der Waals surface area contributed by atoms with Crippen LogP contribution in [0.25, 0.3) is 11.4 Å². The SMILES string of the molecule is Nn1c(SCCOc2cccc(Cl)c2)nnc1-c1cccc(Cl)c1. The molecule has 1 heterocycles. The number of halogens is 2. The second-order valence-electron chi connectivity index (χ2n) is 4.84. The average molecular weight is 381 g/mol. The van der Waals surface area contributed by atoms with Crippen LogP contribution in [0.1, 0.15) is 0 Å². The van der Waals surface area contributed by atoms with Gasteiger partial charge in [0.15, 0.2) is 5.82 Å². The Morgan fingerprint density at radius 1 is 1.04 bits per heavy atom. The van der Waals surface area contributed by atoms with Crippen LogP contribution >= 0.6 is 35.0 Å². The van der Waals surface area contributed by atoms with Crippen molar-refractivity contribution < 1.29 is 4.74 Å². The fourth-order valence-corrected chi connectivity index (χ4v) is 3.09. The van der Waals surface area contributed by atoms with E-state index in [2.05, 4.69) is 10.2 Å². The number of nitrogen functional groups attached to an aromatic ring is 1. The Bertz CT molecular complexity index is 840. The maximum atomic E-state index is 6.07. The van der Waals surface area contributed by atoms with E-state index < -0.39 is 0 Å². The number of hydrogen-bond donors (Lipinski definition) is 1. The molecular weight excluding hydrogens is 367 g/mol. The number of aromatic nitrogens is 3. The molecule has 3 aromatic rings. The lowest BCUT2D eigenvalue weighted by Gasteiger charge is -2.06. The number of nitrogens with zero attached hydrogens (tertiary/aromatic N) is 3. The van der Waals surface area contributed by atoms with Crippen molar-refractivity contribution in [1.82, 2.24) is 14.9 Å². The van der Waals surface area contributed by atoms with Crippen molar-refractivity contribution in [2.24, 2.45) is 0 Å². The predicted molar refractivity (Wildman–Crippen MR) is 98.3 cm³/mol. The molecule has 0 amide bonds. The van der Waals surface area contributed by atoms with Gasteiger partial charge in [-0.05, 0) is 30.3 Å². The molecule has 2 aromatic carbocycles. The highest BCUT2D eigenvalue weighted by atomic mass is 35.5. The van der Waals surface area contributed by atoms with Gasteiger partial charge in [-0.3, -0.25) is 0 Å². The fourth-order valence-electron chi connectivity index (χ4n) is 2.05. The third-order valence-electron chi connectivity index (χ3n) is 3.13. The highest BCUT2D eigenvalue weighted by Crippen LogP contribution is 2.24. The summed E-state index contributed by atoms with van der Waals surface area (Å²) >= 11 is 13.4. The molecule has 0 aliphatic rings. The van der Waals surface area contributed by atoms with E-state index in [1.807, 2.05) is 24.3 Å². The monoisotopic (exact) mass is 380 g/mol. The molecule has 124 valence electrons. The molecule has 24 heavy (non-hydrogen) atoms. The van der Waals surface area contributed by atoms with Gasteiger partial charge in [0.05, 0.1) is 6.61 Å². The quantitative estimate of drug-likeness (QED) is 0.395. The molecular formula is C16H14Cl2N4OS. The smallest absolute Gasteiger partial charge is 0.210 e. The Kier molecular flexibility index (Phi) is 5.50. The molecule has 2 N–H and O–H groups in total. The van der Waals surface area contributed by atoms with Gasteiger partial charge >= 0.3 is 0 Å². The first kappa shape index (κ1) is 17.0. The van der Waals surface area contributed by atoms with Crippen LogP contribution < -0.4 is 10.6 Å². The third kappa shape index (κ3) is 4.14. The van der Waals surface area contributed by atoms with Gasteiger partial charge in [0.25, 0.3) is 0 Å². The molecule has 0 radical (unpaired) electrons. The Morgan fingerprint density at radius 2 is 1.79 bits per heavy atom. The standard InChI is InChI=1S/C16H14Cl2N4OS/c17-12-4-1-3-11(9-12)15-20-21-16(22(15)19)24-8-7-23-14-6-2-5-13(18)10-14/h1-6,9-10H,7-8,19H2. The van der Waals surface area contributed by atoms with E-state index in [0.717, 1.165) is 11.3 Å². The minimum absolute atomic E-state index is 0.504. The van der Waals surface area contributed by atoms with E-state index in [1.54, 1.807) is 24.3 Å². The number of thioether (sulfide) groups is 1. The molecule has 0 unspecified atom stereocenters. The van der Waals surface area contributed by atoms with Crippen LogP contribution in [0.2, 0.25) is 10.0 Å². The summed E-state index contributed by atoms with van der Waals surface area (Å²) in [4.78, 5) is 0. The Morgan fingerprint density at radius 3 is 2.54 bits per heavy atom. The van der Waals surface area contributed by atoms with E-state index in [0.29, 0.717) is 33.4 Å². The summed E-state index contributed by atoms with van der Waals surface area (Å²) < 4.78 is 7.09. The van der Waals surface area contributed by atoms with Gasteiger partial charge in [0.1, 0.15) is 5.75 Å². The molecule has 1 aromatic heterocycles. The largest absolute Gasteiger partial charge is 0.493 e. The summed E-state index contributed by atoms with van der Waals surface area (Å²) in [5.41, 5.74) is 0.819. The van der Waals surface area contributed by atoms with Crippen molar-refractivity contribution in [3.63, 3.8) is 0 Å². The van der Waals surface area contributed by atoms with Crippen molar-refractivity contribution in [2.45, 2.75) is 5.16 Å². The molecule has 0 bridgehead atoms. The van der Waals surface area contributed by atoms with Crippen LogP contribution in [-0.2, 0) is 0 Å². The summed E-state index contributed by atoms with van der Waals surface area (Å²) in [7, 11) is 0. The molecule has 5 nitrogen and oxygen atoms in total. The minimum atomic E-state index is 0.504. The molecule has 0 spiro atoms. The summed E-state index contributed by atoms with van der Waals surface area (Å²) in [5.74, 6) is 8.04. The molecule has 0 saturated carbocycles. The Labute approximate surface area is 153 Å². The lowest BCUT2D eigenvalue weighted by molar-refractivity contribution is 0.344. The first-order valence-corrected chi connectivity index (χ1v) is 8.85. The molecule has 0 aliphatic carbocycles.